The lowest BCUT2D eigenvalue weighted by atomic mass is 9.75. The van der Waals surface area contributed by atoms with Crippen LogP contribution in [-0.4, -0.2) is 26.3 Å². The van der Waals surface area contributed by atoms with Crippen LogP contribution in [0.15, 0.2) is 24.3 Å². The average Bonchev–Trinajstić information content (AvgIpc) is 2.37. The van der Waals surface area contributed by atoms with Gasteiger partial charge in [-0.2, -0.15) is 0 Å². The van der Waals surface area contributed by atoms with Gasteiger partial charge in [-0.25, -0.2) is 0 Å². The summed E-state index contributed by atoms with van der Waals surface area (Å²) in [6.07, 6.45) is 4.14. The van der Waals surface area contributed by atoms with Crippen molar-refractivity contribution in [1.82, 2.24) is 5.32 Å². The number of ether oxygens (including phenoxy) is 1. The Bertz CT molecular complexity index is 387. The Morgan fingerprint density at radius 2 is 2.00 bits per heavy atom. The molecule has 0 spiro atoms. The van der Waals surface area contributed by atoms with E-state index in [9.17, 15) is 0 Å². The van der Waals surface area contributed by atoms with E-state index in [0.717, 1.165) is 19.1 Å². The lowest BCUT2D eigenvalue weighted by molar-refractivity contribution is 0.195. The Morgan fingerprint density at radius 3 is 2.63 bits per heavy atom. The predicted molar refractivity (Wildman–Crippen MR) is 80.8 cm³/mol. The van der Waals surface area contributed by atoms with Crippen molar-refractivity contribution >= 4 is 0 Å². The Labute approximate surface area is 117 Å². The van der Waals surface area contributed by atoms with Gasteiger partial charge in [0.1, 0.15) is 0 Å². The monoisotopic (exact) mass is 261 g/mol. The molecule has 0 bridgehead atoms. The second-order valence-corrected chi connectivity index (χ2v) is 5.78. The summed E-state index contributed by atoms with van der Waals surface area (Å²) in [4.78, 5) is 0. The molecular weight excluding hydrogens is 234 g/mol. The SMILES string of the molecule is COCCNC(C)C(C)c1ccccc1C1CCC1. The summed E-state index contributed by atoms with van der Waals surface area (Å²) in [6.45, 7) is 6.31. The Kier molecular flexibility index (Phi) is 5.41. The third-order valence-electron chi connectivity index (χ3n) is 4.55. The van der Waals surface area contributed by atoms with Gasteiger partial charge in [0.05, 0.1) is 6.61 Å². The Hall–Kier alpha value is -0.860. The number of hydrogen-bond donors (Lipinski definition) is 1. The van der Waals surface area contributed by atoms with Crippen LogP contribution in [-0.2, 0) is 4.74 Å². The maximum atomic E-state index is 5.10. The van der Waals surface area contributed by atoms with Gasteiger partial charge in [-0.05, 0) is 42.7 Å². The largest absolute Gasteiger partial charge is 0.383 e. The van der Waals surface area contributed by atoms with Gasteiger partial charge >= 0.3 is 0 Å². The van der Waals surface area contributed by atoms with Crippen LogP contribution in [0.5, 0.6) is 0 Å². The van der Waals surface area contributed by atoms with Crippen molar-refractivity contribution in [2.24, 2.45) is 0 Å². The molecule has 1 fully saturated rings. The number of nitrogens with one attached hydrogen (secondary N) is 1. The molecule has 1 N–H and O–H groups in total. The minimum Gasteiger partial charge on any atom is -0.383 e. The highest BCUT2D eigenvalue weighted by Gasteiger charge is 2.25. The Balaban J connectivity index is 2.03. The van der Waals surface area contributed by atoms with Gasteiger partial charge in [0.2, 0.25) is 0 Å². The molecule has 0 aliphatic heterocycles. The molecule has 106 valence electrons. The Morgan fingerprint density at radius 1 is 1.26 bits per heavy atom. The second kappa shape index (κ2) is 7.06. The highest BCUT2D eigenvalue weighted by atomic mass is 16.5. The molecule has 0 aromatic heterocycles. The summed E-state index contributed by atoms with van der Waals surface area (Å²) in [6, 6.07) is 9.49. The van der Waals surface area contributed by atoms with E-state index in [2.05, 4.69) is 43.4 Å². The summed E-state index contributed by atoms with van der Waals surface area (Å²) in [5.41, 5.74) is 3.12. The molecule has 1 saturated carbocycles. The molecule has 0 amide bonds. The van der Waals surface area contributed by atoms with E-state index in [0.29, 0.717) is 12.0 Å². The van der Waals surface area contributed by atoms with Crippen LogP contribution in [0.3, 0.4) is 0 Å². The van der Waals surface area contributed by atoms with E-state index in [1.807, 2.05) is 0 Å². The van der Waals surface area contributed by atoms with Gasteiger partial charge in [0, 0.05) is 19.7 Å². The smallest absolute Gasteiger partial charge is 0.0587 e. The minimum atomic E-state index is 0.483. The molecule has 2 rings (SSSR count). The molecule has 0 saturated heterocycles. The van der Waals surface area contributed by atoms with Crippen LogP contribution in [0, 0.1) is 0 Å². The van der Waals surface area contributed by atoms with Gasteiger partial charge in [0.15, 0.2) is 0 Å². The number of benzene rings is 1. The normalized spacial score (nSPS) is 18.9. The molecule has 1 aliphatic carbocycles. The first kappa shape index (κ1) is 14.5. The fourth-order valence-corrected chi connectivity index (χ4v) is 2.85. The highest BCUT2D eigenvalue weighted by molar-refractivity contribution is 5.35. The van der Waals surface area contributed by atoms with Gasteiger partial charge < -0.3 is 10.1 Å². The minimum absolute atomic E-state index is 0.483. The zero-order chi connectivity index (χ0) is 13.7. The summed E-state index contributed by atoms with van der Waals surface area (Å²) in [5, 5.41) is 3.56. The van der Waals surface area contributed by atoms with Crippen molar-refractivity contribution < 1.29 is 4.74 Å². The van der Waals surface area contributed by atoms with Crippen molar-refractivity contribution in [2.45, 2.75) is 51.0 Å². The maximum absolute atomic E-state index is 5.10. The zero-order valence-corrected chi connectivity index (χ0v) is 12.5. The number of methoxy groups -OCH3 is 1. The van der Waals surface area contributed by atoms with E-state index < -0.39 is 0 Å². The van der Waals surface area contributed by atoms with Gasteiger partial charge in [0.25, 0.3) is 0 Å². The molecule has 2 unspecified atom stereocenters. The number of rotatable bonds is 7. The third kappa shape index (κ3) is 3.58. The first-order valence-corrected chi connectivity index (χ1v) is 7.55. The van der Waals surface area contributed by atoms with E-state index >= 15 is 0 Å². The third-order valence-corrected chi connectivity index (χ3v) is 4.55. The molecule has 1 aromatic carbocycles. The lowest BCUT2D eigenvalue weighted by Gasteiger charge is -2.31. The van der Waals surface area contributed by atoms with Gasteiger partial charge in [-0.1, -0.05) is 37.6 Å². The van der Waals surface area contributed by atoms with Gasteiger partial charge in [-0.15, -0.1) is 0 Å². The standard InChI is InChI=1S/C17H27NO/c1-13(14(2)18-11-12-19-3)16-9-4-5-10-17(16)15-7-6-8-15/h4-5,9-10,13-15,18H,6-8,11-12H2,1-3H3. The van der Waals surface area contributed by atoms with Crippen LogP contribution in [0.25, 0.3) is 0 Å². The predicted octanol–water partition coefficient (Wildman–Crippen LogP) is 3.68. The topological polar surface area (TPSA) is 21.3 Å². The van der Waals surface area contributed by atoms with E-state index in [-0.39, 0.29) is 0 Å². The molecule has 1 aromatic rings. The molecule has 19 heavy (non-hydrogen) atoms. The van der Waals surface area contributed by atoms with Crippen LogP contribution in [0.2, 0.25) is 0 Å². The number of hydrogen-bond acceptors (Lipinski definition) is 2. The van der Waals surface area contributed by atoms with Crippen molar-refractivity contribution in [3.8, 4) is 0 Å². The van der Waals surface area contributed by atoms with Crippen LogP contribution >= 0.6 is 0 Å². The molecule has 0 radical (unpaired) electrons. The summed E-state index contributed by atoms with van der Waals surface area (Å²) in [7, 11) is 1.75. The molecule has 2 atom stereocenters. The highest BCUT2D eigenvalue weighted by Crippen LogP contribution is 2.40. The summed E-state index contributed by atoms with van der Waals surface area (Å²) < 4.78 is 5.10. The van der Waals surface area contributed by atoms with Crippen LogP contribution < -0.4 is 5.32 Å². The molecular formula is C17H27NO. The fraction of sp³-hybridized carbons (Fsp3) is 0.647. The van der Waals surface area contributed by atoms with Gasteiger partial charge in [-0.3, -0.25) is 0 Å². The van der Waals surface area contributed by atoms with E-state index in [1.54, 1.807) is 12.7 Å². The zero-order valence-electron chi connectivity index (χ0n) is 12.5. The van der Waals surface area contributed by atoms with Crippen molar-refractivity contribution in [2.75, 3.05) is 20.3 Å². The average molecular weight is 261 g/mol. The van der Waals surface area contributed by atoms with E-state index in [4.69, 9.17) is 4.74 Å². The quantitative estimate of drug-likeness (QED) is 0.756. The molecule has 2 nitrogen and oxygen atoms in total. The van der Waals surface area contributed by atoms with Crippen molar-refractivity contribution in [3.05, 3.63) is 35.4 Å². The van der Waals surface area contributed by atoms with Crippen molar-refractivity contribution in [1.29, 1.82) is 0 Å². The van der Waals surface area contributed by atoms with Crippen LogP contribution in [0.1, 0.15) is 56.1 Å². The van der Waals surface area contributed by atoms with Crippen molar-refractivity contribution in [3.63, 3.8) is 0 Å². The van der Waals surface area contributed by atoms with Crippen LogP contribution in [0.4, 0.5) is 0 Å². The van der Waals surface area contributed by atoms with E-state index in [1.165, 1.54) is 24.8 Å². The molecule has 1 aliphatic rings. The molecule has 2 heteroatoms. The summed E-state index contributed by atoms with van der Waals surface area (Å²) in [5.74, 6) is 1.36. The second-order valence-electron chi connectivity index (χ2n) is 5.78. The fourth-order valence-electron chi connectivity index (χ4n) is 2.85. The molecule has 0 heterocycles. The first-order valence-electron chi connectivity index (χ1n) is 7.55. The summed E-state index contributed by atoms with van der Waals surface area (Å²) >= 11 is 0. The maximum Gasteiger partial charge on any atom is 0.0587 e. The first-order chi connectivity index (χ1) is 9.24. The lowest BCUT2D eigenvalue weighted by Crippen LogP contribution is -2.34.